The lowest BCUT2D eigenvalue weighted by Gasteiger charge is -2.40. The first kappa shape index (κ1) is 24.2. The van der Waals surface area contributed by atoms with E-state index in [1.54, 1.807) is 0 Å². The van der Waals surface area contributed by atoms with Gasteiger partial charge in [-0.1, -0.05) is 96.7 Å². The van der Waals surface area contributed by atoms with Crippen LogP contribution in [0.4, 0.5) is 17.2 Å². The molecule has 4 nitrogen and oxygen atoms in total. The molecule has 0 unspecified atom stereocenters. The Morgan fingerprint density at radius 2 is 1.23 bits per heavy atom. The normalized spacial score (nSPS) is 13.3. The van der Waals surface area contributed by atoms with Crippen LogP contribution in [-0.4, -0.2) is 20.5 Å². The van der Waals surface area contributed by atoms with Crippen molar-refractivity contribution in [2.75, 3.05) is 4.90 Å². The van der Waals surface area contributed by atoms with Crippen molar-refractivity contribution in [1.29, 1.82) is 0 Å². The Morgan fingerprint density at radius 1 is 0.545 bits per heavy atom. The number of para-hydroxylation sites is 3. The minimum atomic E-state index is 0.0450. The summed E-state index contributed by atoms with van der Waals surface area (Å²) in [5.74, 6) is 1.16. The lowest BCUT2D eigenvalue weighted by molar-refractivity contribution is 0.956. The number of benzene rings is 5. The topological polar surface area (TPSA) is 18.0 Å². The zero-order chi connectivity index (χ0) is 28.8. The molecule has 0 atom stereocenters. The Kier molecular flexibility index (Phi) is 4.99. The highest BCUT2D eigenvalue weighted by molar-refractivity contribution is 7.99. The van der Waals surface area contributed by atoms with Crippen LogP contribution in [0.25, 0.3) is 38.6 Å². The Bertz CT molecular complexity index is 2350. The Labute approximate surface area is 259 Å². The molecule has 0 fully saturated rings. The minimum Gasteiger partial charge on any atom is -0.362 e. The highest BCUT2D eigenvalue weighted by Gasteiger charge is 2.42. The zero-order valence-electron chi connectivity index (χ0n) is 23.7. The molecule has 0 saturated heterocycles. The van der Waals surface area contributed by atoms with E-state index in [-0.39, 0.29) is 6.98 Å². The number of aromatic nitrogens is 3. The van der Waals surface area contributed by atoms with Crippen molar-refractivity contribution >= 4 is 63.2 Å². The number of anilines is 3. The predicted molar refractivity (Wildman–Crippen MR) is 184 cm³/mol. The van der Waals surface area contributed by atoms with E-state index in [4.69, 9.17) is 0 Å². The van der Waals surface area contributed by atoms with E-state index in [1.165, 1.54) is 65.4 Å². The van der Waals surface area contributed by atoms with Crippen LogP contribution < -0.4 is 10.4 Å². The molecule has 6 heteroatoms. The van der Waals surface area contributed by atoms with E-state index in [2.05, 4.69) is 170 Å². The van der Waals surface area contributed by atoms with Gasteiger partial charge in [0, 0.05) is 38.1 Å². The van der Waals surface area contributed by atoms with Crippen LogP contribution in [0.2, 0.25) is 0 Å². The number of hydrogen-bond acceptors (Lipinski definition) is 2. The molecule has 5 aromatic carbocycles. The maximum Gasteiger partial charge on any atom is 0.424 e. The van der Waals surface area contributed by atoms with Crippen LogP contribution in [0.5, 0.6) is 0 Å². The fourth-order valence-electron chi connectivity index (χ4n) is 7.34. The molecule has 8 aromatic rings. The van der Waals surface area contributed by atoms with Gasteiger partial charge in [0.15, 0.2) is 0 Å². The van der Waals surface area contributed by atoms with E-state index in [1.807, 2.05) is 11.8 Å². The average molecular weight is 581 g/mol. The van der Waals surface area contributed by atoms with Gasteiger partial charge < -0.3 is 13.5 Å². The SMILES string of the molecule is c1ccc(-c2ccccc2N2c3cc(-n4c5ccccc5c5ccccc54)cc4c3B(n3cccc3S4)n3cccc32)cc1. The summed E-state index contributed by atoms with van der Waals surface area (Å²) in [6, 6.07) is 50.7. The van der Waals surface area contributed by atoms with Crippen LogP contribution in [0, 0.1) is 0 Å². The van der Waals surface area contributed by atoms with Crippen molar-refractivity contribution in [2.24, 2.45) is 0 Å². The molecule has 0 radical (unpaired) electrons. The summed E-state index contributed by atoms with van der Waals surface area (Å²) in [6.45, 7) is 0.0450. The van der Waals surface area contributed by atoms with Gasteiger partial charge >= 0.3 is 6.98 Å². The molecule has 0 spiro atoms. The molecule has 0 amide bonds. The Morgan fingerprint density at radius 3 is 2.05 bits per heavy atom. The van der Waals surface area contributed by atoms with Gasteiger partial charge in [0.2, 0.25) is 0 Å². The molecule has 10 rings (SSSR count). The van der Waals surface area contributed by atoms with Gasteiger partial charge in [0.05, 0.1) is 21.7 Å². The number of nitrogens with zero attached hydrogens (tertiary/aromatic N) is 4. The molecule has 206 valence electrons. The second kappa shape index (κ2) is 9.09. The molecule has 3 aromatic heterocycles. The number of rotatable bonds is 3. The summed E-state index contributed by atoms with van der Waals surface area (Å²) in [7, 11) is 0. The summed E-state index contributed by atoms with van der Waals surface area (Å²) >= 11 is 1.86. The minimum absolute atomic E-state index is 0.0450. The van der Waals surface area contributed by atoms with E-state index < -0.39 is 0 Å². The van der Waals surface area contributed by atoms with Gasteiger partial charge in [-0.3, -0.25) is 4.90 Å². The molecular formula is C38H25BN4S. The molecule has 44 heavy (non-hydrogen) atoms. The molecule has 2 aliphatic heterocycles. The molecule has 0 aliphatic carbocycles. The third-order valence-corrected chi connectivity index (χ3v) is 10.3. The fourth-order valence-corrected chi connectivity index (χ4v) is 8.47. The molecular weight excluding hydrogens is 555 g/mol. The molecule has 0 saturated carbocycles. The summed E-state index contributed by atoms with van der Waals surface area (Å²) in [4.78, 5) is 3.77. The maximum atomic E-state index is 2.48. The van der Waals surface area contributed by atoms with Crippen molar-refractivity contribution in [3.8, 4) is 16.8 Å². The number of hydrogen-bond donors (Lipinski definition) is 0. The molecule has 2 aliphatic rings. The second-order valence-electron chi connectivity index (χ2n) is 11.5. The van der Waals surface area contributed by atoms with Gasteiger partial charge in [-0.05, 0) is 72.6 Å². The van der Waals surface area contributed by atoms with Gasteiger partial charge in [-0.2, -0.15) is 0 Å². The second-order valence-corrected chi connectivity index (χ2v) is 12.5. The van der Waals surface area contributed by atoms with Crippen LogP contribution >= 0.6 is 11.8 Å². The monoisotopic (exact) mass is 580 g/mol. The fraction of sp³-hybridized carbons (Fsp3) is 0. The summed E-state index contributed by atoms with van der Waals surface area (Å²) in [5, 5.41) is 3.80. The van der Waals surface area contributed by atoms with Crippen molar-refractivity contribution in [1.82, 2.24) is 13.5 Å². The summed E-state index contributed by atoms with van der Waals surface area (Å²) in [5.41, 5.74) is 9.74. The quantitative estimate of drug-likeness (QED) is 0.194. The maximum absolute atomic E-state index is 2.48. The Balaban J connectivity index is 1.31. The van der Waals surface area contributed by atoms with Crippen LogP contribution in [0.3, 0.4) is 0 Å². The first-order valence-corrected chi connectivity index (χ1v) is 15.8. The molecule has 5 heterocycles. The van der Waals surface area contributed by atoms with Gasteiger partial charge in [0.25, 0.3) is 0 Å². The third-order valence-electron chi connectivity index (χ3n) is 9.14. The Hall–Kier alpha value is -5.33. The summed E-state index contributed by atoms with van der Waals surface area (Å²) < 4.78 is 7.29. The zero-order valence-corrected chi connectivity index (χ0v) is 24.5. The van der Waals surface area contributed by atoms with Crippen molar-refractivity contribution < 1.29 is 0 Å². The lowest BCUT2D eigenvalue weighted by atomic mass is 9.64. The van der Waals surface area contributed by atoms with E-state index >= 15 is 0 Å². The van der Waals surface area contributed by atoms with Crippen LogP contribution in [0.15, 0.2) is 162 Å². The standard InChI is InChI=1S/C38H25BN4S/c1-2-12-26(13-3-1)28-14-4-7-17-31(28)43-34-24-27(42-32-18-8-5-15-29(32)30-16-6-9-19-33(30)42)25-35-38(34)39(40-22-10-20-36(40)43)41-23-11-21-37(41)44-35/h1-25H. The van der Waals surface area contributed by atoms with Gasteiger partial charge in [-0.15, -0.1) is 0 Å². The predicted octanol–water partition coefficient (Wildman–Crippen LogP) is 9.09. The highest BCUT2D eigenvalue weighted by atomic mass is 32.2. The van der Waals surface area contributed by atoms with E-state index in [9.17, 15) is 0 Å². The molecule has 0 bridgehead atoms. The van der Waals surface area contributed by atoms with E-state index in [0.717, 1.165) is 5.82 Å². The smallest absolute Gasteiger partial charge is 0.362 e. The van der Waals surface area contributed by atoms with Crippen LogP contribution in [-0.2, 0) is 0 Å². The first-order valence-electron chi connectivity index (χ1n) is 15.0. The van der Waals surface area contributed by atoms with E-state index in [0.29, 0.717) is 0 Å². The van der Waals surface area contributed by atoms with Gasteiger partial charge in [-0.25, -0.2) is 0 Å². The van der Waals surface area contributed by atoms with Gasteiger partial charge in [0.1, 0.15) is 5.82 Å². The largest absolute Gasteiger partial charge is 0.424 e. The third kappa shape index (κ3) is 3.26. The summed E-state index contributed by atoms with van der Waals surface area (Å²) in [6.07, 6.45) is 4.45. The first-order chi connectivity index (χ1) is 21.8. The van der Waals surface area contributed by atoms with Crippen LogP contribution in [0.1, 0.15) is 0 Å². The number of fused-ring (bicyclic) bond motifs is 7. The van der Waals surface area contributed by atoms with Crippen molar-refractivity contribution in [3.63, 3.8) is 0 Å². The molecule has 0 N–H and O–H groups in total. The van der Waals surface area contributed by atoms with Crippen molar-refractivity contribution in [2.45, 2.75) is 9.92 Å². The van der Waals surface area contributed by atoms with Crippen molar-refractivity contribution in [3.05, 3.63) is 152 Å². The average Bonchev–Trinajstić information content (AvgIpc) is 3.83. The highest BCUT2D eigenvalue weighted by Crippen LogP contribution is 2.47. The lowest BCUT2D eigenvalue weighted by Crippen LogP contribution is -2.53.